The van der Waals surface area contributed by atoms with Crippen LogP contribution in [0.25, 0.3) is 0 Å². The van der Waals surface area contributed by atoms with Gasteiger partial charge in [0.05, 0.1) is 12.2 Å². The van der Waals surface area contributed by atoms with Gasteiger partial charge in [0.25, 0.3) is 0 Å². The van der Waals surface area contributed by atoms with Crippen LogP contribution in [0.4, 0.5) is 10.1 Å². The van der Waals surface area contributed by atoms with Crippen molar-refractivity contribution < 1.29 is 18.7 Å². The number of nitrogens with zero attached hydrogens (tertiary/aromatic N) is 1. The molecule has 4 aromatic carbocycles. The molecular weight excluding hydrogens is 529 g/mol. The lowest BCUT2D eigenvalue weighted by molar-refractivity contribution is -0.125. The Morgan fingerprint density at radius 3 is 2.29 bits per heavy atom. The number of nitrogens with one attached hydrogen (secondary N) is 1. The van der Waals surface area contributed by atoms with E-state index < -0.39 is 0 Å². The molecule has 0 atom stereocenters. The third-order valence-electron chi connectivity index (χ3n) is 6.98. The Kier molecular flexibility index (Phi) is 10.1. The molecule has 0 aliphatic heterocycles. The molecular formula is C35H38FN3O3. The van der Waals surface area contributed by atoms with Gasteiger partial charge in [0.2, 0.25) is 11.8 Å². The van der Waals surface area contributed by atoms with Gasteiger partial charge in [-0.05, 0) is 52.4 Å². The standard InChI is InChI=1S/C35H38FN3O3/c1-35(2,3)28-17-15-25(16-18-28)24-39(34(41)20-19-33(40)38-23-27-10-4-5-12-30(27)36)31-13-6-7-14-32(31)42-29-11-8-9-26(21-29)22-37/h4-18,21H,19-20,22-24,37H2,1-3H3,(H,38,40). The minimum absolute atomic E-state index is 0.00255. The smallest absolute Gasteiger partial charge is 0.227 e. The van der Waals surface area contributed by atoms with E-state index in [1.54, 1.807) is 23.1 Å². The lowest BCUT2D eigenvalue weighted by Crippen LogP contribution is -2.32. The van der Waals surface area contributed by atoms with Crippen molar-refractivity contribution in [3.8, 4) is 11.5 Å². The second kappa shape index (κ2) is 13.9. The van der Waals surface area contributed by atoms with Gasteiger partial charge in [0.1, 0.15) is 11.6 Å². The van der Waals surface area contributed by atoms with Crippen LogP contribution < -0.4 is 20.7 Å². The summed E-state index contributed by atoms with van der Waals surface area (Å²) in [7, 11) is 0. The van der Waals surface area contributed by atoms with Crippen LogP contribution in [-0.2, 0) is 34.6 Å². The summed E-state index contributed by atoms with van der Waals surface area (Å²) in [6.45, 7) is 7.20. The number of amides is 2. The lowest BCUT2D eigenvalue weighted by Gasteiger charge is -2.26. The summed E-state index contributed by atoms with van der Waals surface area (Å²) < 4.78 is 20.2. The Morgan fingerprint density at radius 2 is 1.57 bits per heavy atom. The van der Waals surface area contributed by atoms with Gasteiger partial charge in [-0.25, -0.2) is 4.39 Å². The van der Waals surface area contributed by atoms with Crippen LogP contribution in [0.3, 0.4) is 0 Å². The number of carbonyl (C=O) groups excluding carboxylic acids is 2. The number of rotatable bonds is 11. The summed E-state index contributed by atoms with van der Waals surface area (Å²) in [6.07, 6.45) is -0.0610. The predicted molar refractivity (Wildman–Crippen MR) is 165 cm³/mol. The number of benzene rings is 4. The molecule has 0 saturated heterocycles. The zero-order valence-electron chi connectivity index (χ0n) is 24.4. The highest BCUT2D eigenvalue weighted by molar-refractivity contribution is 5.96. The van der Waals surface area contributed by atoms with Crippen LogP contribution >= 0.6 is 0 Å². The van der Waals surface area contributed by atoms with Crippen LogP contribution in [0, 0.1) is 5.82 Å². The first-order valence-electron chi connectivity index (χ1n) is 14.1. The summed E-state index contributed by atoms with van der Waals surface area (Å²) in [5.41, 5.74) is 9.86. The number of hydrogen-bond donors (Lipinski definition) is 2. The third kappa shape index (κ3) is 8.27. The van der Waals surface area contributed by atoms with Crippen molar-refractivity contribution in [2.24, 2.45) is 5.73 Å². The molecule has 4 aromatic rings. The normalized spacial score (nSPS) is 11.2. The highest BCUT2D eigenvalue weighted by Gasteiger charge is 2.22. The van der Waals surface area contributed by atoms with Crippen molar-refractivity contribution in [2.45, 2.75) is 58.7 Å². The van der Waals surface area contributed by atoms with E-state index in [0.29, 0.717) is 35.8 Å². The molecule has 4 rings (SSSR count). The van der Waals surface area contributed by atoms with Crippen molar-refractivity contribution in [3.05, 3.63) is 125 Å². The number of hydrogen-bond acceptors (Lipinski definition) is 4. The number of nitrogens with two attached hydrogens (primary N) is 1. The Morgan fingerprint density at radius 1 is 0.857 bits per heavy atom. The molecule has 7 heteroatoms. The predicted octanol–water partition coefficient (Wildman–Crippen LogP) is 7.00. The highest BCUT2D eigenvalue weighted by Crippen LogP contribution is 2.34. The van der Waals surface area contributed by atoms with Crippen molar-refractivity contribution in [1.82, 2.24) is 5.32 Å². The van der Waals surface area contributed by atoms with Crippen LogP contribution in [0.15, 0.2) is 97.1 Å². The fraction of sp³-hybridized carbons (Fsp3) is 0.257. The average molecular weight is 568 g/mol. The molecule has 6 nitrogen and oxygen atoms in total. The van der Waals surface area contributed by atoms with E-state index in [1.807, 2.05) is 60.7 Å². The number of para-hydroxylation sites is 2. The first kappa shape index (κ1) is 30.5. The van der Waals surface area contributed by atoms with Gasteiger partial charge in [-0.15, -0.1) is 0 Å². The van der Waals surface area contributed by atoms with Gasteiger partial charge < -0.3 is 20.7 Å². The Balaban J connectivity index is 1.55. The van der Waals surface area contributed by atoms with Gasteiger partial charge in [-0.3, -0.25) is 9.59 Å². The maximum atomic E-state index is 14.0. The van der Waals surface area contributed by atoms with Crippen molar-refractivity contribution in [3.63, 3.8) is 0 Å². The van der Waals surface area contributed by atoms with E-state index in [-0.39, 0.29) is 42.4 Å². The SMILES string of the molecule is CC(C)(C)c1ccc(CN(C(=O)CCC(=O)NCc2ccccc2F)c2ccccc2Oc2cccc(CN)c2)cc1. The molecule has 2 amide bonds. The molecule has 0 aliphatic carbocycles. The Labute approximate surface area is 247 Å². The minimum Gasteiger partial charge on any atom is -0.455 e. The summed E-state index contributed by atoms with van der Waals surface area (Å²) in [6, 6.07) is 29.3. The molecule has 0 heterocycles. The Bertz CT molecular complexity index is 1510. The van der Waals surface area contributed by atoms with Crippen molar-refractivity contribution >= 4 is 17.5 Å². The zero-order chi connectivity index (χ0) is 30.1. The molecule has 0 saturated carbocycles. The van der Waals surface area contributed by atoms with E-state index in [4.69, 9.17) is 10.5 Å². The minimum atomic E-state index is -0.383. The number of ether oxygens (including phenoxy) is 1. The molecule has 0 aromatic heterocycles. The molecule has 0 bridgehead atoms. The molecule has 0 spiro atoms. The van der Waals surface area contributed by atoms with Gasteiger partial charge in [0.15, 0.2) is 5.75 Å². The number of carbonyl (C=O) groups is 2. The topological polar surface area (TPSA) is 84.7 Å². The van der Waals surface area contributed by atoms with Gasteiger partial charge in [-0.2, -0.15) is 0 Å². The lowest BCUT2D eigenvalue weighted by atomic mass is 9.87. The van der Waals surface area contributed by atoms with Gasteiger partial charge in [0, 0.05) is 31.5 Å². The van der Waals surface area contributed by atoms with Crippen LogP contribution in [0.2, 0.25) is 0 Å². The zero-order valence-corrected chi connectivity index (χ0v) is 24.4. The van der Waals surface area contributed by atoms with Crippen LogP contribution in [0.1, 0.15) is 55.9 Å². The maximum absolute atomic E-state index is 14.0. The van der Waals surface area contributed by atoms with Crippen molar-refractivity contribution in [2.75, 3.05) is 4.90 Å². The van der Waals surface area contributed by atoms with Crippen molar-refractivity contribution in [1.29, 1.82) is 0 Å². The number of anilines is 1. The Hall–Kier alpha value is -4.49. The molecule has 42 heavy (non-hydrogen) atoms. The molecule has 218 valence electrons. The first-order chi connectivity index (χ1) is 20.1. The summed E-state index contributed by atoms with van der Waals surface area (Å²) in [4.78, 5) is 28.0. The fourth-order valence-corrected chi connectivity index (χ4v) is 4.51. The van der Waals surface area contributed by atoms with E-state index in [9.17, 15) is 14.0 Å². The highest BCUT2D eigenvalue weighted by atomic mass is 19.1. The molecule has 3 N–H and O–H groups in total. The molecule has 0 aliphatic rings. The van der Waals surface area contributed by atoms with E-state index in [0.717, 1.165) is 11.1 Å². The summed E-state index contributed by atoms with van der Waals surface area (Å²) in [5.74, 6) is 0.174. The quantitative estimate of drug-likeness (QED) is 0.204. The molecule has 0 radical (unpaired) electrons. The second-order valence-corrected chi connectivity index (χ2v) is 11.2. The maximum Gasteiger partial charge on any atom is 0.227 e. The average Bonchev–Trinajstić information content (AvgIpc) is 2.98. The third-order valence-corrected chi connectivity index (χ3v) is 6.98. The second-order valence-electron chi connectivity index (χ2n) is 11.2. The number of halogens is 1. The fourth-order valence-electron chi connectivity index (χ4n) is 4.51. The molecule has 0 unspecified atom stereocenters. The summed E-state index contributed by atoms with van der Waals surface area (Å²) >= 11 is 0. The van der Waals surface area contributed by atoms with Crippen LogP contribution in [0.5, 0.6) is 11.5 Å². The monoisotopic (exact) mass is 567 g/mol. The largest absolute Gasteiger partial charge is 0.455 e. The first-order valence-corrected chi connectivity index (χ1v) is 14.1. The van der Waals surface area contributed by atoms with Gasteiger partial charge >= 0.3 is 0 Å². The van der Waals surface area contributed by atoms with E-state index in [2.05, 4.69) is 38.2 Å². The summed E-state index contributed by atoms with van der Waals surface area (Å²) in [5, 5.41) is 2.71. The van der Waals surface area contributed by atoms with E-state index in [1.165, 1.54) is 11.6 Å². The van der Waals surface area contributed by atoms with E-state index >= 15 is 0 Å². The van der Waals surface area contributed by atoms with Gasteiger partial charge in [-0.1, -0.05) is 87.5 Å². The van der Waals surface area contributed by atoms with Crippen LogP contribution in [-0.4, -0.2) is 11.8 Å². The molecule has 0 fully saturated rings.